The predicted octanol–water partition coefficient (Wildman–Crippen LogP) is 1.49. The second-order valence-electron chi connectivity index (χ2n) is 6.02. The van der Waals surface area contributed by atoms with Crippen LogP contribution in [0.1, 0.15) is 32.1 Å². The SMILES string of the molecule is O=C(CC1CCCC1)NCC(=O)Nc1ccc2[nH]c(=O)[nH]c2c1. The van der Waals surface area contributed by atoms with E-state index in [0.717, 1.165) is 12.8 Å². The summed E-state index contributed by atoms with van der Waals surface area (Å²) in [5, 5.41) is 5.36. The van der Waals surface area contributed by atoms with Crippen LogP contribution in [0, 0.1) is 5.92 Å². The van der Waals surface area contributed by atoms with E-state index in [2.05, 4.69) is 20.6 Å². The fraction of sp³-hybridized carbons (Fsp3) is 0.438. The third kappa shape index (κ3) is 4.00. The van der Waals surface area contributed by atoms with Gasteiger partial charge in [-0.3, -0.25) is 9.59 Å². The highest BCUT2D eigenvalue weighted by atomic mass is 16.2. The number of imidazole rings is 1. The van der Waals surface area contributed by atoms with E-state index < -0.39 is 0 Å². The van der Waals surface area contributed by atoms with Gasteiger partial charge in [-0.1, -0.05) is 12.8 Å². The number of fused-ring (bicyclic) bond motifs is 1. The number of anilines is 1. The average molecular weight is 316 g/mol. The van der Waals surface area contributed by atoms with E-state index in [4.69, 9.17) is 0 Å². The zero-order valence-electron chi connectivity index (χ0n) is 12.8. The van der Waals surface area contributed by atoms with Crippen molar-refractivity contribution in [2.24, 2.45) is 5.92 Å². The van der Waals surface area contributed by atoms with Crippen LogP contribution < -0.4 is 16.3 Å². The zero-order valence-corrected chi connectivity index (χ0v) is 12.8. The summed E-state index contributed by atoms with van der Waals surface area (Å²) < 4.78 is 0. The predicted molar refractivity (Wildman–Crippen MR) is 87.1 cm³/mol. The fourth-order valence-corrected chi connectivity index (χ4v) is 3.04. The van der Waals surface area contributed by atoms with E-state index >= 15 is 0 Å². The van der Waals surface area contributed by atoms with Crippen molar-refractivity contribution in [2.45, 2.75) is 32.1 Å². The van der Waals surface area contributed by atoms with Crippen molar-refractivity contribution in [3.05, 3.63) is 28.7 Å². The molecule has 0 radical (unpaired) electrons. The van der Waals surface area contributed by atoms with Gasteiger partial charge in [0.15, 0.2) is 0 Å². The van der Waals surface area contributed by atoms with Gasteiger partial charge >= 0.3 is 5.69 Å². The second-order valence-corrected chi connectivity index (χ2v) is 6.02. The van der Waals surface area contributed by atoms with Crippen LogP contribution >= 0.6 is 0 Å². The lowest BCUT2D eigenvalue weighted by Gasteiger charge is -2.10. The normalized spacial score (nSPS) is 15.0. The zero-order chi connectivity index (χ0) is 16.2. The molecule has 23 heavy (non-hydrogen) atoms. The van der Waals surface area contributed by atoms with Gasteiger partial charge in [-0.05, 0) is 37.0 Å². The number of rotatable bonds is 5. The molecular weight excluding hydrogens is 296 g/mol. The van der Waals surface area contributed by atoms with E-state index in [-0.39, 0.29) is 24.0 Å². The van der Waals surface area contributed by atoms with Crippen LogP contribution in [0.2, 0.25) is 0 Å². The Kier molecular flexibility index (Phi) is 4.45. The molecule has 0 spiro atoms. The van der Waals surface area contributed by atoms with E-state index in [0.29, 0.717) is 29.1 Å². The number of H-pyrrole nitrogens is 2. The molecule has 0 bridgehead atoms. The Morgan fingerprint density at radius 3 is 2.61 bits per heavy atom. The van der Waals surface area contributed by atoms with Crippen LogP contribution in [-0.2, 0) is 9.59 Å². The molecule has 4 N–H and O–H groups in total. The first kappa shape index (κ1) is 15.3. The number of aromatic nitrogens is 2. The van der Waals surface area contributed by atoms with Gasteiger partial charge in [-0.25, -0.2) is 4.79 Å². The van der Waals surface area contributed by atoms with Crippen molar-refractivity contribution in [1.29, 1.82) is 0 Å². The van der Waals surface area contributed by atoms with Crippen molar-refractivity contribution in [2.75, 3.05) is 11.9 Å². The molecule has 0 saturated heterocycles. The van der Waals surface area contributed by atoms with Crippen LogP contribution in [0.4, 0.5) is 5.69 Å². The number of nitrogens with one attached hydrogen (secondary N) is 4. The van der Waals surface area contributed by atoms with Gasteiger partial charge in [0.2, 0.25) is 11.8 Å². The summed E-state index contributed by atoms with van der Waals surface area (Å²) in [5.74, 6) is 0.102. The van der Waals surface area contributed by atoms with E-state index in [1.807, 2.05) is 0 Å². The fourth-order valence-electron chi connectivity index (χ4n) is 3.04. The summed E-state index contributed by atoms with van der Waals surface area (Å²) in [6, 6.07) is 5.08. The molecule has 2 amide bonds. The smallest absolute Gasteiger partial charge is 0.323 e. The van der Waals surface area contributed by atoms with Crippen LogP contribution in [-0.4, -0.2) is 28.3 Å². The highest BCUT2D eigenvalue weighted by Gasteiger charge is 2.18. The minimum absolute atomic E-state index is 0.0484. The Morgan fingerprint density at radius 1 is 1.09 bits per heavy atom. The molecule has 1 aliphatic rings. The van der Waals surface area contributed by atoms with E-state index in [1.54, 1.807) is 18.2 Å². The molecule has 1 saturated carbocycles. The van der Waals surface area contributed by atoms with Gasteiger partial charge in [0, 0.05) is 12.1 Å². The molecule has 7 nitrogen and oxygen atoms in total. The first-order valence-corrected chi connectivity index (χ1v) is 7.89. The van der Waals surface area contributed by atoms with E-state index in [1.165, 1.54) is 12.8 Å². The van der Waals surface area contributed by atoms with Crippen molar-refractivity contribution < 1.29 is 9.59 Å². The molecule has 1 aromatic heterocycles. The maximum absolute atomic E-state index is 11.9. The molecular formula is C16H20N4O3. The Hall–Kier alpha value is -2.57. The third-order valence-corrected chi connectivity index (χ3v) is 4.19. The summed E-state index contributed by atoms with van der Waals surface area (Å²) in [5.41, 5.74) is 1.58. The number of carbonyl (C=O) groups is 2. The third-order valence-electron chi connectivity index (χ3n) is 4.19. The molecule has 1 fully saturated rings. The van der Waals surface area contributed by atoms with Crippen LogP contribution in [0.3, 0.4) is 0 Å². The van der Waals surface area contributed by atoms with Crippen molar-refractivity contribution in [3.63, 3.8) is 0 Å². The molecule has 2 aromatic rings. The van der Waals surface area contributed by atoms with E-state index in [9.17, 15) is 14.4 Å². The first-order chi connectivity index (χ1) is 11.1. The Bertz CT molecular complexity index is 771. The number of carbonyl (C=O) groups excluding carboxylic acids is 2. The summed E-state index contributed by atoms with van der Waals surface area (Å²) in [7, 11) is 0. The van der Waals surface area contributed by atoms with Crippen molar-refractivity contribution >= 4 is 28.5 Å². The first-order valence-electron chi connectivity index (χ1n) is 7.89. The number of benzene rings is 1. The molecule has 1 heterocycles. The lowest BCUT2D eigenvalue weighted by molar-refractivity contribution is -0.124. The highest BCUT2D eigenvalue weighted by Crippen LogP contribution is 2.27. The molecule has 3 rings (SSSR count). The summed E-state index contributed by atoms with van der Waals surface area (Å²) in [4.78, 5) is 40.1. The molecule has 0 unspecified atom stereocenters. The topological polar surface area (TPSA) is 107 Å². The minimum Gasteiger partial charge on any atom is -0.347 e. The van der Waals surface area contributed by atoms with Gasteiger partial charge in [0.25, 0.3) is 0 Å². The minimum atomic E-state index is -0.290. The average Bonchev–Trinajstić information content (AvgIpc) is 3.13. The Labute approximate surface area is 132 Å². The van der Waals surface area contributed by atoms with Crippen LogP contribution in [0.15, 0.2) is 23.0 Å². The quantitative estimate of drug-likeness (QED) is 0.671. The number of amides is 2. The second kappa shape index (κ2) is 6.68. The maximum atomic E-state index is 11.9. The molecule has 122 valence electrons. The van der Waals surface area contributed by atoms with Gasteiger partial charge < -0.3 is 20.6 Å². The standard InChI is InChI=1S/C16H20N4O3/c21-14(7-10-3-1-2-4-10)17-9-15(22)18-11-5-6-12-13(8-11)20-16(23)19-12/h5-6,8,10H,1-4,7,9H2,(H,17,21)(H,18,22)(H2,19,20,23). The Balaban J connectivity index is 1.49. The Morgan fingerprint density at radius 2 is 1.83 bits per heavy atom. The summed E-state index contributed by atoms with van der Waals surface area (Å²) in [6.07, 6.45) is 5.11. The summed E-state index contributed by atoms with van der Waals surface area (Å²) >= 11 is 0. The van der Waals surface area contributed by atoms with Gasteiger partial charge in [-0.15, -0.1) is 0 Å². The monoisotopic (exact) mass is 316 g/mol. The highest BCUT2D eigenvalue weighted by molar-refractivity contribution is 5.96. The largest absolute Gasteiger partial charge is 0.347 e. The lowest BCUT2D eigenvalue weighted by Crippen LogP contribution is -2.33. The van der Waals surface area contributed by atoms with Gasteiger partial charge in [-0.2, -0.15) is 0 Å². The van der Waals surface area contributed by atoms with Crippen LogP contribution in [0.25, 0.3) is 11.0 Å². The summed E-state index contributed by atoms with van der Waals surface area (Å²) in [6.45, 7) is -0.0484. The molecule has 0 aliphatic heterocycles. The molecule has 0 atom stereocenters. The number of hydrogen-bond donors (Lipinski definition) is 4. The molecule has 1 aromatic carbocycles. The number of hydrogen-bond acceptors (Lipinski definition) is 3. The van der Waals surface area contributed by atoms with Crippen molar-refractivity contribution in [1.82, 2.24) is 15.3 Å². The number of aromatic amines is 2. The maximum Gasteiger partial charge on any atom is 0.323 e. The lowest BCUT2D eigenvalue weighted by atomic mass is 10.0. The van der Waals surface area contributed by atoms with Crippen LogP contribution in [0.5, 0.6) is 0 Å². The molecule has 1 aliphatic carbocycles. The van der Waals surface area contributed by atoms with Gasteiger partial charge in [0.1, 0.15) is 0 Å². The van der Waals surface area contributed by atoms with Gasteiger partial charge in [0.05, 0.1) is 17.6 Å². The van der Waals surface area contributed by atoms with Crippen molar-refractivity contribution in [3.8, 4) is 0 Å². The molecule has 7 heteroatoms.